The molecule has 0 fully saturated rings. The van der Waals surface area contributed by atoms with Gasteiger partial charge in [0.15, 0.2) is 12.1 Å². The van der Waals surface area contributed by atoms with Crippen molar-refractivity contribution in [3.8, 4) is 17.2 Å². The fraction of sp³-hybridized carbons (Fsp3) is 0.375. The van der Waals surface area contributed by atoms with E-state index in [-0.39, 0.29) is 18.1 Å². The van der Waals surface area contributed by atoms with E-state index < -0.39 is 5.60 Å². The van der Waals surface area contributed by atoms with E-state index in [0.29, 0.717) is 24.2 Å². The van der Waals surface area contributed by atoms with Crippen LogP contribution in [0.3, 0.4) is 0 Å². The van der Waals surface area contributed by atoms with Gasteiger partial charge in [-0.15, -0.1) is 10.4 Å². The molecule has 1 aliphatic rings. The second-order valence-corrected chi connectivity index (χ2v) is 8.33. The molecule has 0 amide bonds. The fourth-order valence-corrected chi connectivity index (χ4v) is 4.14. The number of fused-ring (bicyclic) bond motifs is 1. The van der Waals surface area contributed by atoms with Gasteiger partial charge in [0.2, 0.25) is 12.1 Å². The molecule has 2 heterocycles. The van der Waals surface area contributed by atoms with Crippen molar-refractivity contribution in [1.82, 2.24) is 9.78 Å². The zero-order valence-corrected chi connectivity index (χ0v) is 18.2. The van der Waals surface area contributed by atoms with Crippen molar-refractivity contribution in [3.05, 3.63) is 64.7 Å². The molecule has 0 saturated carbocycles. The van der Waals surface area contributed by atoms with Gasteiger partial charge in [-0.1, -0.05) is 29.3 Å². The molecule has 0 radical (unpaired) electrons. The molecule has 1 atom stereocenters. The molecule has 1 unspecified atom stereocenters. The molecule has 1 aromatic heterocycles. The number of aromatic nitrogens is 3. The molecule has 6 nitrogen and oxygen atoms in total. The van der Waals surface area contributed by atoms with Crippen LogP contribution in [-0.2, 0) is 17.8 Å². The van der Waals surface area contributed by atoms with Gasteiger partial charge in [-0.2, -0.15) is 0 Å². The highest BCUT2D eigenvalue weighted by molar-refractivity contribution is 5.87. The normalized spacial score (nSPS) is 18.0. The number of carbonyl (C=O) groups is 1. The summed E-state index contributed by atoms with van der Waals surface area (Å²) in [4.78, 5) is 13.2. The van der Waals surface area contributed by atoms with E-state index in [1.54, 1.807) is 4.68 Å². The van der Waals surface area contributed by atoms with Crippen LogP contribution in [0.25, 0.3) is 5.69 Å². The highest BCUT2D eigenvalue weighted by atomic mass is 16.5. The summed E-state index contributed by atoms with van der Waals surface area (Å²) in [6.45, 7) is 9.44. The lowest BCUT2D eigenvalue weighted by atomic mass is 9.85. The highest BCUT2D eigenvalue weighted by Crippen LogP contribution is 2.42. The van der Waals surface area contributed by atoms with Crippen LogP contribution < -0.4 is 14.4 Å². The van der Waals surface area contributed by atoms with Gasteiger partial charge >= 0.3 is 0 Å². The van der Waals surface area contributed by atoms with Crippen LogP contribution >= 0.6 is 0 Å². The maximum absolute atomic E-state index is 13.2. The zero-order chi connectivity index (χ0) is 21.6. The Kier molecular flexibility index (Phi) is 4.88. The van der Waals surface area contributed by atoms with Crippen LogP contribution in [0.4, 0.5) is 0 Å². The Balaban J connectivity index is 1.60. The summed E-state index contributed by atoms with van der Waals surface area (Å²) in [5.74, 6) is 1.54. The Bertz CT molecular complexity index is 1130. The van der Waals surface area contributed by atoms with E-state index in [9.17, 15) is 9.90 Å². The predicted molar refractivity (Wildman–Crippen MR) is 111 cm³/mol. The molecule has 0 aliphatic carbocycles. The maximum atomic E-state index is 13.2. The average molecular weight is 405 g/mol. The predicted octanol–water partition coefficient (Wildman–Crippen LogP) is 2.82. The van der Waals surface area contributed by atoms with E-state index in [1.165, 1.54) is 0 Å². The summed E-state index contributed by atoms with van der Waals surface area (Å²) < 4.78 is 9.91. The summed E-state index contributed by atoms with van der Waals surface area (Å²) in [6, 6.07) is 9.91. The van der Waals surface area contributed by atoms with E-state index >= 15 is 0 Å². The van der Waals surface area contributed by atoms with Gasteiger partial charge in [0.1, 0.15) is 11.4 Å². The van der Waals surface area contributed by atoms with Crippen molar-refractivity contribution in [1.29, 1.82) is 0 Å². The van der Waals surface area contributed by atoms with Gasteiger partial charge in [0.05, 0.1) is 0 Å². The number of hydrogen-bond acceptors (Lipinski definition) is 4. The van der Waals surface area contributed by atoms with Gasteiger partial charge in [-0.3, -0.25) is 4.79 Å². The molecule has 0 bridgehead atoms. The minimum Gasteiger partial charge on any atom is -0.872 e. The van der Waals surface area contributed by atoms with E-state index in [2.05, 4.69) is 5.10 Å². The van der Waals surface area contributed by atoms with E-state index in [1.807, 2.05) is 75.8 Å². The highest BCUT2D eigenvalue weighted by Gasteiger charge is 2.41. The monoisotopic (exact) mass is 405 g/mol. The maximum Gasteiger partial charge on any atom is 0.279 e. The zero-order valence-electron chi connectivity index (χ0n) is 18.2. The van der Waals surface area contributed by atoms with Crippen LogP contribution in [0.2, 0.25) is 0 Å². The van der Waals surface area contributed by atoms with Crippen molar-refractivity contribution >= 4 is 5.78 Å². The Morgan fingerprint density at radius 2 is 1.87 bits per heavy atom. The first kappa shape index (κ1) is 20.1. The minimum atomic E-state index is -0.946. The molecule has 2 aromatic carbocycles. The van der Waals surface area contributed by atoms with Crippen LogP contribution in [0, 0.1) is 27.7 Å². The summed E-state index contributed by atoms with van der Waals surface area (Å²) in [5.41, 5.74) is 3.24. The Labute approximate surface area is 176 Å². The number of para-hydroxylation sites is 1. The summed E-state index contributed by atoms with van der Waals surface area (Å²) in [6.07, 6.45) is 3.04. The number of ketones is 1. The van der Waals surface area contributed by atoms with Crippen LogP contribution in [0.1, 0.15) is 41.4 Å². The Morgan fingerprint density at radius 3 is 2.57 bits per heavy atom. The molecule has 156 valence electrons. The summed E-state index contributed by atoms with van der Waals surface area (Å²) >= 11 is 0. The molecular formula is C24H27N3O3. The number of ether oxygens (including phenoxy) is 1. The number of nitrogens with zero attached hydrogens (tertiary/aromatic N) is 3. The first-order chi connectivity index (χ1) is 14.2. The number of benzene rings is 2. The molecule has 30 heavy (non-hydrogen) atoms. The van der Waals surface area contributed by atoms with Crippen molar-refractivity contribution in [2.45, 2.75) is 59.6 Å². The molecule has 4 rings (SSSR count). The lowest BCUT2D eigenvalue weighted by Gasteiger charge is -2.37. The third kappa shape index (κ3) is 3.26. The van der Waals surface area contributed by atoms with Gasteiger partial charge in [0, 0.05) is 12.0 Å². The van der Waals surface area contributed by atoms with E-state index in [4.69, 9.17) is 4.74 Å². The third-order valence-electron chi connectivity index (χ3n) is 6.29. The molecule has 3 aromatic rings. The molecule has 1 aliphatic heterocycles. The lowest BCUT2D eigenvalue weighted by molar-refractivity contribution is -0.603. The standard InChI is InChI=1S/C24H27N3O3/c1-15-16(2)23-20(17(3)22(15)29)11-12-24(5,30-23)21(28)13-26-14-27(18(4)25-26)19-9-7-6-8-10-19/h6-10,14H,11-13H2,1-5H3. The van der Waals surface area contributed by atoms with E-state index in [0.717, 1.165) is 28.2 Å². The third-order valence-corrected chi connectivity index (χ3v) is 6.29. The van der Waals surface area contributed by atoms with Crippen LogP contribution in [0.5, 0.6) is 11.5 Å². The average Bonchev–Trinajstić information content (AvgIpc) is 3.11. The molecule has 0 saturated heterocycles. The largest absolute Gasteiger partial charge is 0.872 e. The van der Waals surface area contributed by atoms with Crippen LogP contribution in [-0.4, -0.2) is 21.2 Å². The summed E-state index contributed by atoms with van der Waals surface area (Å²) in [7, 11) is 0. The number of hydrogen-bond donors (Lipinski definition) is 0. The molecule has 0 spiro atoms. The molecule has 0 N–H and O–H groups in total. The number of rotatable bonds is 4. The summed E-state index contributed by atoms with van der Waals surface area (Å²) in [5, 5.41) is 16.9. The molecular weight excluding hydrogens is 378 g/mol. The second kappa shape index (κ2) is 7.27. The van der Waals surface area contributed by atoms with Gasteiger partial charge in [-0.05, 0) is 63.8 Å². The van der Waals surface area contributed by atoms with Crippen molar-refractivity contribution in [2.75, 3.05) is 0 Å². The number of carbonyl (C=O) groups excluding carboxylic acids is 1. The number of aryl methyl sites for hydroxylation is 1. The van der Waals surface area contributed by atoms with Gasteiger partial charge in [-0.25, -0.2) is 4.57 Å². The van der Waals surface area contributed by atoms with Crippen molar-refractivity contribution in [2.24, 2.45) is 0 Å². The van der Waals surface area contributed by atoms with Gasteiger partial charge < -0.3 is 9.84 Å². The Morgan fingerprint density at radius 1 is 1.17 bits per heavy atom. The second-order valence-electron chi connectivity index (χ2n) is 8.33. The van der Waals surface area contributed by atoms with Crippen LogP contribution in [0.15, 0.2) is 36.7 Å². The first-order valence-corrected chi connectivity index (χ1v) is 10.2. The topological polar surface area (TPSA) is 71.1 Å². The first-order valence-electron chi connectivity index (χ1n) is 10.2. The Hall–Kier alpha value is -3.15. The quantitative estimate of drug-likeness (QED) is 0.626. The lowest BCUT2D eigenvalue weighted by Crippen LogP contribution is -2.46. The van der Waals surface area contributed by atoms with Crippen molar-refractivity contribution in [3.63, 3.8) is 0 Å². The minimum absolute atomic E-state index is 0.0308. The fourth-order valence-electron chi connectivity index (χ4n) is 4.14. The van der Waals surface area contributed by atoms with Gasteiger partial charge in [0.25, 0.3) is 5.82 Å². The molecule has 6 heteroatoms. The van der Waals surface area contributed by atoms with Crippen molar-refractivity contribution < 1.29 is 19.2 Å². The SMILES string of the molecule is Cc1c(C)c2c(c(C)c1[O-])CCC(C)(C(=O)Cn1c[n+](-c3ccccc3)c(C)n1)O2. The smallest absolute Gasteiger partial charge is 0.279 e. The number of Topliss-reactive ketones (excluding diaryl/α,β-unsaturated/α-hetero) is 1.